The van der Waals surface area contributed by atoms with Gasteiger partial charge in [-0.3, -0.25) is 9.78 Å². The van der Waals surface area contributed by atoms with E-state index in [-0.39, 0.29) is 11.9 Å². The number of ether oxygens (including phenoxy) is 1. The Kier molecular flexibility index (Phi) is 5.39. The third-order valence-corrected chi connectivity index (χ3v) is 5.90. The van der Waals surface area contributed by atoms with Gasteiger partial charge in [-0.2, -0.15) is 0 Å². The van der Waals surface area contributed by atoms with E-state index in [2.05, 4.69) is 10.3 Å². The van der Waals surface area contributed by atoms with Crippen molar-refractivity contribution in [3.05, 3.63) is 59.9 Å². The first kappa shape index (κ1) is 18.0. The van der Waals surface area contributed by atoms with Gasteiger partial charge in [-0.15, -0.1) is 0 Å². The van der Waals surface area contributed by atoms with Crippen LogP contribution in [0.3, 0.4) is 0 Å². The van der Waals surface area contributed by atoms with Crippen molar-refractivity contribution in [2.45, 2.75) is 50.8 Å². The van der Waals surface area contributed by atoms with Gasteiger partial charge in [0.2, 0.25) is 0 Å². The predicted octanol–water partition coefficient (Wildman–Crippen LogP) is 3.30. The Morgan fingerprint density at radius 1 is 1.11 bits per heavy atom. The summed E-state index contributed by atoms with van der Waals surface area (Å²) >= 11 is 0. The van der Waals surface area contributed by atoms with Crippen LogP contribution >= 0.6 is 0 Å². The van der Waals surface area contributed by atoms with Crippen LogP contribution in [0.25, 0.3) is 0 Å². The van der Waals surface area contributed by atoms with Crippen LogP contribution in [0.1, 0.15) is 48.2 Å². The summed E-state index contributed by atoms with van der Waals surface area (Å²) in [6, 6.07) is 13.6. The van der Waals surface area contributed by atoms with E-state index in [1.54, 1.807) is 6.20 Å². The van der Waals surface area contributed by atoms with E-state index in [0.29, 0.717) is 30.0 Å². The van der Waals surface area contributed by atoms with Crippen molar-refractivity contribution < 1.29 is 9.53 Å². The fraction of sp³-hybridized carbons (Fsp3) is 0.455. The quantitative estimate of drug-likeness (QED) is 0.852. The molecule has 4 rings (SSSR count). The summed E-state index contributed by atoms with van der Waals surface area (Å²) in [7, 11) is 0. The molecule has 5 nitrogen and oxygen atoms in total. The van der Waals surface area contributed by atoms with E-state index in [4.69, 9.17) is 10.5 Å². The second-order valence-electron chi connectivity index (χ2n) is 7.82. The van der Waals surface area contributed by atoms with Crippen molar-refractivity contribution in [2.75, 3.05) is 0 Å². The van der Waals surface area contributed by atoms with Crippen LogP contribution in [-0.2, 0) is 6.61 Å². The van der Waals surface area contributed by atoms with Gasteiger partial charge in [0.25, 0.3) is 5.91 Å². The fourth-order valence-corrected chi connectivity index (χ4v) is 4.60. The number of amides is 1. The minimum atomic E-state index is 0.00338. The summed E-state index contributed by atoms with van der Waals surface area (Å²) in [5, 5.41) is 3.29. The van der Waals surface area contributed by atoms with Gasteiger partial charge in [-0.25, -0.2) is 0 Å². The molecular formula is C22H27N3O2. The van der Waals surface area contributed by atoms with E-state index in [9.17, 15) is 4.79 Å². The minimum absolute atomic E-state index is 0.00338. The van der Waals surface area contributed by atoms with Gasteiger partial charge in [0, 0.05) is 23.8 Å². The van der Waals surface area contributed by atoms with Crippen LogP contribution in [0, 0.1) is 11.8 Å². The number of nitrogens with two attached hydrogens (primary N) is 1. The summed E-state index contributed by atoms with van der Waals surface area (Å²) in [5.41, 5.74) is 7.74. The fourth-order valence-electron chi connectivity index (χ4n) is 4.60. The maximum Gasteiger partial charge on any atom is 0.251 e. The molecule has 2 fully saturated rings. The highest BCUT2D eigenvalue weighted by Crippen LogP contribution is 2.39. The van der Waals surface area contributed by atoms with Crippen molar-refractivity contribution in [1.82, 2.24) is 10.3 Å². The highest BCUT2D eigenvalue weighted by molar-refractivity contribution is 5.94. The summed E-state index contributed by atoms with van der Waals surface area (Å²) in [6.07, 6.45) is 7.42. The zero-order valence-corrected chi connectivity index (χ0v) is 15.5. The molecule has 0 saturated heterocycles. The molecule has 2 unspecified atom stereocenters. The summed E-state index contributed by atoms with van der Waals surface area (Å²) < 4.78 is 5.74. The summed E-state index contributed by atoms with van der Waals surface area (Å²) in [6.45, 7) is 0.415. The number of nitrogens with zero attached hydrogens (tertiary/aromatic N) is 1. The Labute approximate surface area is 160 Å². The van der Waals surface area contributed by atoms with E-state index in [1.165, 1.54) is 19.3 Å². The van der Waals surface area contributed by atoms with Crippen molar-refractivity contribution in [3.63, 3.8) is 0 Å². The molecule has 5 heteroatoms. The van der Waals surface area contributed by atoms with E-state index in [0.717, 1.165) is 24.3 Å². The lowest BCUT2D eigenvalue weighted by Gasteiger charge is -2.45. The Hall–Kier alpha value is -2.40. The molecule has 0 aliphatic heterocycles. The third-order valence-electron chi connectivity index (χ3n) is 5.90. The number of fused-ring (bicyclic) bond motifs is 2. The number of benzene rings is 1. The largest absolute Gasteiger partial charge is 0.487 e. The standard InChI is InChI=1S/C22H27N3O2/c23-18-12-16-4-3-5-17(13-18)21(16)25-22(26)15-7-9-20(10-8-15)27-14-19-6-1-2-11-24-19/h1-2,6-11,16-18,21H,3-5,12-14,23H2,(H,25,26). The first-order valence-corrected chi connectivity index (χ1v) is 9.88. The molecule has 2 aromatic rings. The zero-order chi connectivity index (χ0) is 18.6. The van der Waals surface area contributed by atoms with E-state index >= 15 is 0 Å². The predicted molar refractivity (Wildman–Crippen MR) is 104 cm³/mol. The number of rotatable bonds is 5. The van der Waals surface area contributed by atoms with Crippen molar-refractivity contribution in [1.29, 1.82) is 0 Å². The van der Waals surface area contributed by atoms with Crippen molar-refractivity contribution in [2.24, 2.45) is 17.6 Å². The molecule has 2 aliphatic carbocycles. The molecule has 0 radical (unpaired) electrons. The second kappa shape index (κ2) is 8.09. The lowest BCUT2D eigenvalue weighted by molar-refractivity contribution is 0.0756. The highest BCUT2D eigenvalue weighted by Gasteiger charge is 2.39. The lowest BCUT2D eigenvalue weighted by Crippen LogP contribution is -2.53. The van der Waals surface area contributed by atoms with Crippen LogP contribution in [0.5, 0.6) is 5.75 Å². The van der Waals surface area contributed by atoms with Crippen LogP contribution < -0.4 is 15.8 Å². The Morgan fingerprint density at radius 3 is 2.52 bits per heavy atom. The second-order valence-corrected chi connectivity index (χ2v) is 7.82. The highest BCUT2D eigenvalue weighted by atomic mass is 16.5. The SMILES string of the molecule is NC1CC2CCCC(C1)C2NC(=O)c1ccc(OCc2ccccn2)cc1. The molecule has 2 saturated carbocycles. The topological polar surface area (TPSA) is 77.2 Å². The van der Waals surface area contributed by atoms with Gasteiger partial charge in [0.05, 0.1) is 5.69 Å². The van der Waals surface area contributed by atoms with Crippen LogP contribution in [-0.4, -0.2) is 23.0 Å². The van der Waals surface area contributed by atoms with E-state index in [1.807, 2.05) is 42.5 Å². The zero-order valence-electron chi connectivity index (χ0n) is 15.5. The van der Waals surface area contributed by atoms with Crippen LogP contribution in [0.15, 0.2) is 48.7 Å². The normalized spacial score (nSPS) is 27.0. The average Bonchev–Trinajstić information content (AvgIpc) is 2.68. The third kappa shape index (κ3) is 4.30. The maximum atomic E-state index is 12.7. The molecule has 2 bridgehead atoms. The number of pyridine rings is 1. The van der Waals surface area contributed by atoms with Crippen molar-refractivity contribution >= 4 is 5.91 Å². The monoisotopic (exact) mass is 365 g/mol. The van der Waals surface area contributed by atoms with Gasteiger partial charge in [0.1, 0.15) is 12.4 Å². The molecule has 1 heterocycles. The summed E-state index contributed by atoms with van der Waals surface area (Å²) in [4.78, 5) is 17.0. The lowest BCUT2D eigenvalue weighted by atomic mass is 9.67. The molecule has 0 spiro atoms. The van der Waals surface area contributed by atoms with Crippen LogP contribution in [0.2, 0.25) is 0 Å². The molecule has 27 heavy (non-hydrogen) atoms. The first-order chi connectivity index (χ1) is 13.2. The molecule has 2 aliphatic rings. The van der Waals surface area contributed by atoms with Gasteiger partial charge in [0.15, 0.2) is 0 Å². The maximum absolute atomic E-state index is 12.7. The van der Waals surface area contributed by atoms with Gasteiger partial charge in [-0.1, -0.05) is 12.5 Å². The Bertz CT molecular complexity index is 749. The van der Waals surface area contributed by atoms with E-state index < -0.39 is 0 Å². The van der Waals surface area contributed by atoms with Gasteiger partial charge in [-0.05, 0) is 73.9 Å². The van der Waals surface area contributed by atoms with Crippen LogP contribution in [0.4, 0.5) is 0 Å². The minimum Gasteiger partial charge on any atom is -0.487 e. The number of carbonyl (C=O) groups is 1. The smallest absolute Gasteiger partial charge is 0.251 e. The van der Waals surface area contributed by atoms with Gasteiger partial charge >= 0.3 is 0 Å². The number of nitrogens with one attached hydrogen (secondary N) is 1. The first-order valence-electron chi connectivity index (χ1n) is 9.88. The molecule has 1 aromatic heterocycles. The molecule has 1 aromatic carbocycles. The average molecular weight is 365 g/mol. The molecule has 1 amide bonds. The van der Waals surface area contributed by atoms with Gasteiger partial charge < -0.3 is 15.8 Å². The number of hydrogen-bond acceptors (Lipinski definition) is 4. The Balaban J connectivity index is 1.35. The number of aromatic nitrogens is 1. The number of hydrogen-bond donors (Lipinski definition) is 2. The Morgan fingerprint density at radius 2 is 1.85 bits per heavy atom. The molecule has 142 valence electrons. The summed E-state index contributed by atoms with van der Waals surface area (Å²) in [5.74, 6) is 1.79. The number of carbonyl (C=O) groups excluding carboxylic acids is 1. The molecular weight excluding hydrogens is 338 g/mol. The molecule has 2 atom stereocenters. The molecule has 3 N–H and O–H groups in total. The van der Waals surface area contributed by atoms with Crippen molar-refractivity contribution in [3.8, 4) is 5.75 Å².